The van der Waals surface area contributed by atoms with Gasteiger partial charge in [-0.15, -0.1) is 0 Å². The van der Waals surface area contributed by atoms with Gasteiger partial charge in [-0.3, -0.25) is 4.79 Å². The Balaban J connectivity index is 1.79. The fraction of sp³-hybridized carbons (Fsp3) is 0.160. The first kappa shape index (κ1) is 21.0. The molecular formula is C25H24O5. The lowest BCUT2D eigenvalue weighted by molar-refractivity contribution is 0.104. The number of methoxy groups -OCH3 is 1. The number of rotatable bonds is 9. The summed E-state index contributed by atoms with van der Waals surface area (Å²) in [5.74, 6) is 1.43. The highest BCUT2D eigenvalue weighted by atomic mass is 16.5. The van der Waals surface area contributed by atoms with Crippen molar-refractivity contribution < 1.29 is 24.1 Å². The second kappa shape index (κ2) is 10.2. The zero-order valence-electron chi connectivity index (χ0n) is 17.0. The number of hydrogen-bond acceptors (Lipinski definition) is 5. The van der Waals surface area contributed by atoms with Crippen molar-refractivity contribution in [2.45, 2.75) is 13.5 Å². The van der Waals surface area contributed by atoms with Crippen molar-refractivity contribution in [3.05, 3.63) is 89.5 Å². The minimum absolute atomic E-state index is 0.0340. The van der Waals surface area contributed by atoms with Gasteiger partial charge in [0.1, 0.15) is 29.6 Å². The van der Waals surface area contributed by atoms with Gasteiger partial charge in [0.05, 0.1) is 19.3 Å². The fourth-order valence-electron chi connectivity index (χ4n) is 2.91. The highest BCUT2D eigenvalue weighted by Gasteiger charge is 2.12. The van der Waals surface area contributed by atoms with Gasteiger partial charge in [0.25, 0.3) is 0 Å². The number of carbonyl (C=O) groups is 1. The Morgan fingerprint density at radius 1 is 0.967 bits per heavy atom. The number of ether oxygens (including phenoxy) is 3. The van der Waals surface area contributed by atoms with E-state index in [2.05, 4.69) is 0 Å². The molecule has 1 N–H and O–H groups in total. The van der Waals surface area contributed by atoms with Crippen LogP contribution in [0.4, 0.5) is 0 Å². The van der Waals surface area contributed by atoms with Gasteiger partial charge in [-0.1, -0.05) is 30.3 Å². The molecule has 0 fully saturated rings. The van der Waals surface area contributed by atoms with Crippen molar-refractivity contribution in [2.75, 3.05) is 13.7 Å². The van der Waals surface area contributed by atoms with Gasteiger partial charge in [-0.25, -0.2) is 0 Å². The molecule has 154 valence electrons. The minimum Gasteiger partial charge on any atom is -0.508 e. The molecule has 5 nitrogen and oxygen atoms in total. The number of phenolic OH excluding ortho intramolecular Hbond substituents is 1. The van der Waals surface area contributed by atoms with Crippen molar-refractivity contribution in [2.24, 2.45) is 0 Å². The van der Waals surface area contributed by atoms with Crippen molar-refractivity contribution >= 4 is 11.9 Å². The van der Waals surface area contributed by atoms with Gasteiger partial charge in [-0.05, 0) is 48.9 Å². The smallest absolute Gasteiger partial charge is 0.189 e. The quantitative estimate of drug-likeness (QED) is 0.389. The van der Waals surface area contributed by atoms with E-state index in [-0.39, 0.29) is 11.5 Å². The average Bonchev–Trinajstić information content (AvgIpc) is 2.77. The SMILES string of the molecule is CCOc1ccc(C=CC(=O)c2ccc(O)cc2OCc2ccccc2)c(OC)c1. The molecule has 3 rings (SSSR count). The normalized spacial score (nSPS) is 10.7. The first-order valence-electron chi connectivity index (χ1n) is 9.63. The molecule has 0 heterocycles. The van der Waals surface area contributed by atoms with Gasteiger partial charge in [0.15, 0.2) is 5.78 Å². The van der Waals surface area contributed by atoms with Crippen LogP contribution in [0.1, 0.15) is 28.4 Å². The van der Waals surface area contributed by atoms with E-state index in [1.807, 2.05) is 49.4 Å². The molecule has 0 aromatic heterocycles. The molecule has 0 saturated carbocycles. The third-order valence-electron chi connectivity index (χ3n) is 4.40. The Morgan fingerprint density at radius 3 is 2.50 bits per heavy atom. The summed E-state index contributed by atoms with van der Waals surface area (Å²) in [4.78, 5) is 12.8. The number of aromatic hydroxyl groups is 1. The van der Waals surface area contributed by atoms with E-state index in [0.29, 0.717) is 36.0 Å². The number of allylic oxidation sites excluding steroid dienone is 1. The van der Waals surface area contributed by atoms with E-state index in [1.165, 1.54) is 18.2 Å². The molecule has 0 aliphatic heterocycles. The summed E-state index contributed by atoms with van der Waals surface area (Å²) >= 11 is 0. The third kappa shape index (κ3) is 5.41. The van der Waals surface area contributed by atoms with Crippen LogP contribution in [0.15, 0.2) is 72.8 Å². The van der Waals surface area contributed by atoms with Gasteiger partial charge in [-0.2, -0.15) is 0 Å². The minimum atomic E-state index is -0.242. The van der Waals surface area contributed by atoms with E-state index < -0.39 is 0 Å². The largest absolute Gasteiger partial charge is 0.508 e. The van der Waals surface area contributed by atoms with Crippen LogP contribution in [0, 0.1) is 0 Å². The van der Waals surface area contributed by atoms with Crippen LogP contribution in [0.25, 0.3) is 6.08 Å². The van der Waals surface area contributed by atoms with Crippen LogP contribution in [-0.2, 0) is 6.61 Å². The third-order valence-corrected chi connectivity index (χ3v) is 4.40. The van der Waals surface area contributed by atoms with Gasteiger partial charge in [0.2, 0.25) is 0 Å². The highest BCUT2D eigenvalue weighted by molar-refractivity contribution is 6.08. The summed E-state index contributed by atoms with van der Waals surface area (Å²) in [6.45, 7) is 2.76. The molecule has 3 aromatic carbocycles. The van der Waals surface area contributed by atoms with Crippen molar-refractivity contribution in [3.8, 4) is 23.0 Å². The lowest BCUT2D eigenvalue weighted by atomic mass is 10.1. The molecule has 0 saturated heterocycles. The van der Waals surface area contributed by atoms with Crippen molar-refractivity contribution in [1.29, 1.82) is 0 Å². The van der Waals surface area contributed by atoms with Crippen LogP contribution < -0.4 is 14.2 Å². The van der Waals surface area contributed by atoms with Crippen LogP contribution in [-0.4, -0.2) is 24.6 Å². The van der Waals surface area contributed by atoms with Crippen LogP contribution in [0.3, 0.4) is 0 Å². The van der Waals surface area contributed by atoms with Crippen LogP contribution in [0.5, 0.6) is 23.0 Å². The van der Waals surface area contributed by atoms with Crippen LogP contribution in [0.2, 0.25) is 0 Å². The Labute approximate surface area is 176 Å². The zero-order chi connectivity index (χ0) is 21.3. The summed E-state index contributed by atoms with van der Waals surface area (Å²) in [5.41, 5.74) is 2.08. The molecule has 0 amide bonds. The van der Waals surface area contributed by atoms with E-state index >= 15 is 0 Å². The topological polar surface area (TPSA) is 65.0 Å². The van der Waals surface area contributed by atoms with E-state index in [9.17, 15) is 9.90 Å². The second-order valence-corrected chi connectivity index (χ2v) is 6.49. The van der Waals surface area contributed by atoms with Gasteiger partial charge in [0, 0.05) is 17.7 Å². The predicted molar refractivity (Wildman–Crippen MR) is 116 cm³/mol. The van der Waals surface area contributed by atoms with E-state index in [1.54, 1.807) is 25.3 Å². The molecular weight excluding hydrogens is 380 g/mol. The number of phenols is 1. The second-order valence-electron chi connectivity index (χ2n) is 6.49. The van der Waals surface area contributed by atoms with Crippen molar-refractivity contribution in [1.82, 2.24) is 0 Å². The number of hydrogen-bond donors (Lipinski definition) is 1. The summed E-state index contributed by atoms with van der Waals surface area (Å²) in [5, 5.41) is 9.82. The predicted octanol–water partition coefficient (Wildman–Crippen LogP) is 5.27. The Bertz CT molecular complexity index is 1020. The maximum absolute atomic E-state index is 12.8. The lowest BCUT2D eigenvalue weighted by Gasteiger charge is -2.11. The molecule has 0 aliphatic carbocycles. The summed E-state index contributed by atoms with van der Waals surface area (Å²) in [6.07, 6.45) is 3.14. The zero-order valence-corrected chi connectivity index (χ0v) is 17.0. The monoisotopic (exact) mass is 404 g/mol. The molecule has 0 bridgehead atoms. The van der Waals surface area contributed by atoms with Gasteiger partial charge < -0.3 is 19.3 Å². The van der Waals surface area contributed by atoms with E-state index in [0.717, 1.165) is 11.1 Å². The summed E-state index contributed by atoms with van der Waals surface area (Å²) < 4.78 is 16.7. The van der Waals surface area contributed by atoms with Gasteiger partial charge >= 0.3 is 0 Å². The molecule has 30 heavy (non-hydrogen) atoms. The Morgan fingerprint density at radius 2 is 1.77 bits per heavy atom. The molecule has 0 spiro atoms. The molecule has 3 aromatic rings. The average molecular weight is 404 g/mol. The Kier molecular flexibility index (Phi) is 7.11. The summed E-state index contributed by atoms with van der Waals surface area (Å²) in [6, 6.07) is 19.5. The maximum atomic E-state index is 12.8. The number of ketones is 1. The first-order valence-corrected chi connectivity index (χ1v) is 9.63. The summed E-state index contributed by atoms with van der Waals surface area (Å²) in [7, 11) is 1.57. The molecule has 0 atom stereocenters. The molecule has 0 aliphatic rings. The first-order chi connectivity index (χ1) is 14.6. The van der Waals surface area contributed by atoms with Crippen LogP contribution >= 0.6 is 0 Å². The fourth-order valence-corrected chi connectivity index (χ4v) is 2.91. The lowest BCUT2D eigenvalue weighted by Crippen LogP contribution is -2.02. The van der Waals surface area contributed by atoms with Crippen molar-refractivity contribution in [3.63, 3.8) is 0 Å². The maximum Gasteiger partial charge on any atom is 0.189 e. The number of carbonyl (C=O) groups excluding carboxylic acids is 1. The Hall–Kier alpha value is -3.73. The standard InChI is InChI=1S/C25H24O5/c1-3-29-21-12-9-19(24(16-21)28-2)10-14-23(27)22-13-11-20(26)15-25(22)30-17-18-7-5-4-6-8-18/h4-16,26H,3,17H2,1-2H3. The molecule has 0 radical (unpaired) electrons. The van der Waals surface area contributed by atoms with E-state index in [4.69, 9.17) is 14.2 Å². The molecule has 0 unspecified atom stereocenters. The number of benzene rings is 3. The highest BCUT2D eigenvalue weighted by Crippen LogP contribution is 2.28. The molecule has 5 heteroatoms.